The second-order valence-corrected chi connectivity index (χ2v) is 3.07. The Morgan fingerprint density at radius 3 is 2.78 bits per heavy atom. The molecule has 1 heteroatoms. The quantitative estimate of drug-likeness (QED) is 0.547. The lowest BCUT2D eigenvalue weighted by atomic mass is 10.1. The number of rotatable bonds is 2. The van der Waals surface area contributed by atoms with Crippen LogP contribution in [0.4, 0.5) is 0 Å². The predicted molar refractivity (Wildman–Crippen MR) is 40.6 cm³/mol. The molecule has 1 aliphatic rings. The molecule has 1 nitrogen and oxygen atoms in total. The van der Waals surface area contributed by atoms with Crippen LogP contribution in [-0.4, -0.2) is 24.5 Å². The lowest BCUT2D eigenvalue weighted by Gasteiger charge is -2.17. The predicted octanol–water partition coefficient (Wildman–Crippen LogP) is 1.88. The second kappa shape index (κ2) is 3.21. The molecule has 1 aliphatic heterocycles. The summed E-state index contributed by atoms with van der Waals surface area (Å²) in [6, 6.07) is 0.912. The van der Waals surface area contributed by atoms with Crippen molar-refractivity contribution in [3.8, 4) is 0 Å². The van der Waals surface area contributed by atoms with Gasteiger partial charge in [0, 0.05) is 6.04 Å². The first-order chi connectivity index (χ1) is 4.34. The Morgan fingerprint density at radius 2 is 2.33 bits per heavy atom. The van der Waals surface area contributed by atoms with Crippen LogP contribution in [0.5, 0.6) is 0 Å². The van der Waals surface area contributed by atoms with Crippen molar-refractivity contribution in [1.82, 2.24) is 4.90 Å². The van der Waals surface area contributed by atoms with Crippen LogP contribution in [0.25, 0.3) is 0 Å². The van der Waals surface area contributed by atoms with E-state index in [4.69, 9.17) is 0 Å². The summed E-state index contributed by atoms with van der Waals surface area (Å²) < 4.78 is 0. The van der Waals surface area contributed by atoms with Gasteiger partial charge in [-0.3, -0.25) is 0 Å². The summed E-state index contributed by atoms with van der Waals surface area (Å²) in [6.45, 7) is 3.59. The average molecular weight is 127 g/mol. The SMILES string of the molecule is CCC[C@H]1CCCN1C. The van der Waals surface area contributed by atoms with E-state index in [-0.39, 0.29) is 0 Å². The maximum absolute atomic E-state index is 2.49. The maximum atomic E-state index is 2.49. The fourth-order valence-corrected chi connectivity index (χ4v) is 1.68. The fraction of sp³-hybridized carbons (Fsp3) is 1.00. The first-order valence-corrected chi connectivity index (χ1v) is 4.05. The van der Waals surface area contributed by atoms with Crippen LogP contribution in [0.1, 0.15) is 32.6 Å². The van der Waals surface area contributed by atoms with Gasteiger partial charge in [0.15, 0.2) is 0 Å². The van der Waals surface area contributed by atoms with Gasteiger partial charge >= 0.3 is 0 Å². The summed E-state index contributed by atoms with van der Waals surface area (Å²) in [5, 5.41) is 0. The molecule has 0 unspecified atom stereocenters. The minimum atomic E-state index is 0.912. The fourth-order valence-electron chi connectivity index (χ4n) is 1.68. The van der Waals surface area contributed by atoms with E-state index in [1.54, 1.807) is 0 Å². The topological polar surface area (TPSA) is 3.24 Å². The molecule has 54 valence electrons. The summed E-state index contributed by atoms with van der Waals surface area (Å²) in [5.74, 6) is 0. The van der Waals surface area contributed by atoms with Crippen LogP contribution in [-0.2, 0) is 0 Å². The maximum Gasteiger partial charge on any atom is 0.00925 e. The van der Waals surface area contributed by atoms with Gasteiger partial charge < -0.3 is 4.90 Å². The van der Waals surface area contributed by atoms with Crippen molar-refractivity contribution >= 4 is 0 Å². The zero-order valence-corrected chi connectivity index (χ0v) is 6.56. The number of hydrogen-bond donors (Lipinski definition) is 0. The Labute approximate surface area is 58.0 Å². The lowest BCUT2D eigenvalue weighted by Crippen LogP contribution is -2.24. The third-order valence-corrected chi connectivity index (χ3v) is 2.29. The van der Waals surface area contributed by atoms with Crippen molar-refractivity contribution in [1.29, 1.82) is 0 Å². The molecule has 1 heterocycles. The van der Waals surface area contributed by atoms with E-state index in [1.165, 1.54) is 32.2 Å². The number of hydrogen-bond acceptors (Lipinski definition) is 1. The minimum absolute atomic E-state index is 0.912. The van der Waals surface area contributed by atoms with E-state index >= 15 is 0 Å². The molecule has 1 fully saturated rings. The first kappa shape index (κ1) is 7.07. The van der Waals surface area contributed by atoms with E-state index in [9.17, 15) is 0 Å². The van der Waals surface area contributed by atoms with E-state index < -0.39 is 0 Å². The molecule has 0 aromatic rings. The van der Waals surface area contributed by atoms with Crippen molar-refractivity contribution in [3.05, 3.63) is 0 Å². The molecule has 0 radical (unpaired) electrons. The zero-order valence-electron chi connectivity index (χ0n) is 6.56. The Bertz CT molecular complexity index is 80.6. The molecule has 9 heavy (non-hydrogen) atoms. The number of likely N-dealkylation sites (tertiary alicyclic amines) is 1. The van der Waals surface area contributed by atoms with Gasteiger partial charge in [0.25, 0.3) is 0 Å². The molecule has 0 spiro atoms. The van der Waals surface area contributed by atoms with Gasteiger partial charge in [-0.05, 0) is 32.9 Å². The summed E-state index contributed by atoms with van der Waals surface area (Å²) in [4.78, 5) is 2.49. The van der Waals surface area contributed by atoms with E-state index in [1.807, 2.05) is 0 Å². The highest BCUT2D eigenvalue weighted by molar-refractivity contribution is 4.75. The Balaban J connectivity index is 2.22. The van der Waals surface area contributed by atoms with Crippen molar-refractivity contribution in [2.45, 2.75) is 38.6 Å². The van der Waals surface area contributed by atoms with Gasteiger partial charge in [0.2, 0.25) is 0 Å². The normalized spacial score (nSPS) is 29.3. The number of nitrogens with zero attached hydrogens (tertiary/aromatic N) is 1. The van der Waals surface area contributed by atoms with Crippen LogP contribution >= 0.6 is 0 Å². The zero-order chi connectivity index (χ0) is 6.69. The molecule has 0 N–H and O–H groups in total. The van der Waals surface area contributed by atoms with E-state index in [2.05, 4.69) is 18.9 Å². The largest absolute Gasteiger partial charge is 0.303 e. The highest BCUT2D eigenvalue weighted by Gasteiger charge is 2.18. The van der Waals surface area contributed by atoms with Crippen molar-refractivity contribution in [3.63, 3.8) is 0 Å². The monoisotopic (exact) mass is 127 g/mol. The van der Waals surface area contributed by atoms with Gasteiger partial charge in [-0.25, -0.2) is 0 Å². The molecule has 0 bridgehead atoms. The summed E-state index contributed by atoms with van der Waals surface area (Å²) >= 11 is 0. The third-order valence-electron chi connectivity index (χ3n) is 2.29. The van der Waals surface area contributed by atoms with E-state index in [0.717, 1.165) is 6.04 Å². The Morgan fingerprint density at radius 1 is 1.56 bits per heavy atom. The Hall–Kier alpha value is -0.0400. The average Bonchev–Trinajstić information content (AvgIpc) is 2.18. The molecule has 1 rings (SSSR count). The molecule has 0 saturated carbocycles. The van der Waals surface area contributed by atoms with Crippen molar-refractivity contribution in [2.24, 2.45) is 0 Å². The molecule has 0 aromatic carbocycles. The molecule has 0 aliphatic carbocycles. The summed E-state index contributed by atoms with van der Waals surface area (Å²) in [6.07, 6.45) is 5.59. The highest BCUT2D eigenvalue weighted by Crippen LogP contribution is 2.18. The minimum Gasteiger partial charge on any atom is -0.303 e. The summed E-state index contributed by atoms with van der Waals surface area (Å²) in [5.41, 5.74) is 0. The van der Waals surface area contributed by atoms with Gasteiger partial charge in [-0.2, -0.15) is 0 Å². The molecule has 1 atom stereocenters. The van der Waals surface area contributed by atoms with Crippen LogP contribution in [0.3, 0.4) is 0 Å². The van der Waals surface area contributed by atoms with Crippen LogP contribution in [0.2, 0.25) is 0 Å². The first-order valence-electron chi connectivity index (χ1n) is 4.05. The van der Waals surface area contributed by atoms with Gasteiger partial charge in [-0.1, -0.05) is 13.3 Å². The van der Waals surface area contributed by atoms with Crippen LogP contribution in [0.15, 0.2) is 0 Å². The smallest absolute Gasteiger partial charge is 0.00925 e. The van der Waals surface area contributed by atoms with Gasteiger partial charge in [-0.15, -0.1) is 0 Å². The Kier molecular flexibility index (Phi) is 2.52. The van der Waals surface area contributed by atoms with Crippen LogP contribution in [0, 0.1) is 0 Å². The highest BCUT2D eigenvalue weighted by atomic mass is 15.1. The molecule has 0 amide bonds. The van der Waals surface area contributed by atoms with Crippen LogP contribution < -0.4 is 0 Å². The molecule has 1 saturated heterocycles. The second-order valence-electron chi connectivity index (χ2n) is 3.07. The van der Waals surface area contributed by atoms with E-state index in [0.29, 0.717) is 0 Å². The molecular weight excluding hydrogens is 110 g/mol. The molecular formula is C8H17N. The van der Waals surface area contributed by atoms with Gasteiger partial charge in [0.05, 0.1) is 0 Å². The lowest BCUT2D eigenvalue weighted by molar-refractivity contribution is 0.295. The van der Waals surface area contributed by atoms with Gasteiger partial charge in [0.1, 0.15) is 0 Å². The van der Waals surface area contributed by atoms with Crippen molar-refractivity contribution < 1.29 is 0 Å². The summed E-state index contributed by atoms with van der Waals surface area (Å²) in [7, 11) is 2.24. The molecule has 0 aromatic heterocycles. The van der Waals surface area contributed by atoms with Crippen molar-refractivity contribution in [2.75, 3.05) is 13.6 Å². The standard InChI is InChI=1S/C8H17N/c1-3-5-8-6-4-7-9(8)2/h8H,3-7H2,1-2H3/t8-/m0/s1. The third kappa shape index (κ3) is 1.68.